The predicted octanol–water partition coefficient (Wildman–Crippen LogP) is 5.51. The van der Waals surface area contributed by atoms with Crippen molar-refractivity contribution in [1.82, 2.24) is 19.6 Å². The van der Waals surface area contributed by atoms with E-state index in [1.54, 1.807) is 17.0 Å². The van der Waals surface area contributed by atoms with Crippen molar-refractivity contribution in [2.24, 2.45) is 5.92 Å². The first-order chi connectivity index (χ1) is 16.4. The van der Waals surface area contributed by atoms with Crippen LogP contribution in [-0.4, -0.2) is 45.1 Å². The molecule has 178 valence electrons. The van der Waals surface area contributed by atoms with Gasteiger partial charge in [-0.2, -0.15) is 5.10 Å². The zero-order valence-corrected chi connectivity index (χ0v) is 20.4. The van der Waals surface area contributed by atoms with Crippen molar-refractivity contribution in [1.29, 1.82) is 0 Å². The molecular formula is C27H30ClFN4O. The molecule has 5 nitrogen and oxygen atoms in total. The quantitative estimate of drug-likeness (QED) is 0.399. The van der Waals surface area contributed by atoms with Gasteiger partial charge in [0.05, 0.1) is 28.6 Å². The Morgan fingerprint density at radius 2 is 2.06 bits per heavy atom. The Kier molecular flexibility index (Phi) is 7.49. The molecule has 2 aromatic carbocycles. The van der Waals surface area contributed by atoms with Gasteiger partial charge in [0, 0.05) is 43.7 Å². The zero-order valence-electron chi connectivity index (χ0n) is 19.7. The molecular weight excluding hydrogens is 451 g/mol. The summed E-state index contributed by atoms with van der Waals surface area (Å²) in [5, 5.41) is 5.60. The molecule has 0 spiro atoms. The number of para-hydroxylation sites is 1. The normalized spacial score (nSPS) is 13.7. The van der Waals surface area contributed by atoms with E-state index in [0.29, 0.717) is 23.7 Å². The molecule has 34 heavy (non-hydrogen) atoms. The van der Waals surface area contributed by atoms with Crippen LogP contribution in [0.2, 0.25) is 5.02 Å². The molecule has 0 atom stereocenters. The Morgan fingerprint density at radius 1 is 1.26 bits per heavy atom. The highest BCUT2D eigenvalue weighted by atomic mass is 35.5. The highest BCUT2D eigenvalue weighted by Crippen LogP contribution is 2.29. The number of benzene rings is 2. The van der Waals surface area contributed by atoms with E-state index in [1.165, 1.54) is 12.1 Å². The van der Waals surface area contributed by atoms with Gasteiger partial charge < -0.3 is 4.90 Å². The first-order valence-corrected chi connectivity index (χ1v) is 12.0. The molecule has 7 heteroatoms. The lowest BCUT2D eigenvalue weighted by atomic mass is 10.0. The number of halogens is 2. The Bertz CT molecular complexity index is 1190. The first kappa shape index (κ1) is 24.2. The van der Waals surface area contributed by atoms with E-state index in [1.807, 2.05) is 35.0 Å². The largest absolute Gasteiger partial charge is 0.332 e. The van der Waals surface area contributed by atoms with Crippen molar-refractivity contribution in [2.75, 3.05) is 19.6 Å². The van der Waals surface area contributed by atoms with Gasteiger partial charge >= 0.3 is 0 Å². The fraction of sp³-hybridized carbons (Fsp3) is 0.333. The van der Waals surface area contributed by atoms with Crippen molar-refractivity contribution < 1.29 is 9.18 Å². The molecule has 0 aliphatic carbocycles. The van der Waals surface area contributed by atoms with Crippen LogP contribution in [0.4, 0.5) is 4.39 Å². The van der Waals surface area contributed by atoms with Crippen LogP contribution in [-0.2, 0) is 19.5 Å². The summed E-state index contributed by atoms with van der Waals surface area (Å²) in [6.07, 6.45) is 2.73. The maximum Gasteiger partial charge on any atom is 0.254 e. The van der Waals surface area contributed by atoms with Crippen LogP contribution in [0.3, 0.4) is 0 Å². The number of amides is 1. The van der Waals surface area contributed by atoms with Gasteiger partial charge in [-0.25, -0.2) is 9.07 Å². The average Bonchev–Trinajstić information content (AvgIpc) is 3.16. The Balaban J connectivity index is 1.74. The van der Waals surface area contributed by atoms with Crippen LogP contribution in [0.25, 0.3) is 5.69 Å². The Hall–Kier alpha value is -2.96. The van der Waals surface area contributed by atoms with Crippen LogP contribution in [0.15, 0.2) is 61.2 Å². The molecule has 1 amide bonds. The minimum absolute atomic E-state index is 0.201. The van der Waals surface area contributed by atoms with E-state index in [0.717, 1.165) is 48.7 Å². The topological polar surface area (TPSA) is 41.4 Å². The summed E-state index contributed by atoms with van der Waals surface area (Å²) in [6, 6.07) is 13.5. The lowest BCUT2D eigenvalue weighted by Crippen LogP contribution is -2.35. The fourth-order valence-electron chi connectivity index (χ4n) is 4.47. The number of nitrogens with zero attached hydrogens (tertiary/aromatic N) is 4. The number of hydrogen-bond acceptors (Lipinski definition) is 3. The molecule has 3 aromatic rings. The van der Waals surface area contributed by atoms with Crippen LogP contribution >= 0.6 is 11.6 Å². The fourth-order valence-corrected chi connectivity index (χ4v) is 4.69. The average molecular weight is 481 g/mol. The molecule has 2 heterocycles. The van der Waals surface area contributed by atoms with E-state index < -0.39 is 5.82 Å². The van der Waals surface area contributed by atoms with Gasteiger partial charge in [0.25, 0.3) is 5.91 Å². The third-order valence-corrected chi connectivity index (χ3v) is 6.29. The second-order valence-corrected chi connectivity index (χ2v) is 9.51. The number of aromatic nitrogens is 2. The maximum atomic E-state index is 13.8. The molecule has 0 unspecified atom stereocenters. The summed E-state index contributed by atoms with van der Waals surface area (Å²) in [4.78, 5) is 17.5. The van der Waals surface area contributed by atoms with Crippen molar-refractivity contribution in [2.45, 2.75) is 33.4 Å². The third kappa shape index (κ3) is 5.24. The maximum absolute atomic E-state index is 13.8. The van der Waals surface area contributed by atoms with Crippen LogP contribution < -0.4 is 0 Å². The van der Waals surface area contributed by atoms with E-state index in [9.17, 15) is 9.18 Å². The monoisotopic (exact) mass is 480 g/mol. The van der Waals surface area contributed by atoms with E-state index in [2.05, 4.69) is 25.3 Å². The van der Waals surface area contributed by atoms with Gasteiger partial charge in [-0.3, -0.25) is 9.69 Å². The number of carbonyl (C=O) groups is 1. The second kappa shape index (κ2) is 10.5. The van der Waals surface area contributed by atoms with E-state index in [4.69, 9.17) is 16.7 Å². The van der Waals surface area contributed by atoms with Crippen molar-refractivity contribution >= 4 is 17.5 Å². The van der Waals surface area contributed by atoms with Gasteiger partial charge in [-0.05, 0) is 36.2 Å². The number of rotatable bonds is 8. The zero-order chi connectivity index (χ0) is 24.2. The lowest BCUT2D eigenvalue weighted by molar-refractivity contribution is 0.0719. The minimum Gasteiger partial charge on any atom is -0.332 e. The molecule has 0 N–H and O–H groups in total. The van der Waals surface area contributed by atoms with Crippen LogP contribution in [0.5, 0.6) is 0 Å². The predicted molar refractivity (Wildman–Crippen MR) is 134 cm³/mol. The van der Waals surface area contributed by atoms with Crippen molar-refractivity contribution in [3.05, 3.63) is 94.5 Å². The summed E-state index contributed by atoms with van der Waals surface area (Å²) in [5.41, 5.74) is 4.25. The minimum atomic E-state index is -0.421. The van der Waals surface area contributed by atoms with Crippen molar-refractivity contribution in [3.8, 4) is 5.69 Å². The Labute approximate surface area is 205 Å². The van der Waals surface area contributed by atoms with E-state index >= 15 is 0 Å². The number of carbonyl (C=O) groups excluding carboxylic acids is 1. The molecule has 4 rings (SSSR count). The van der Waals surface area contributed by atoms with Gasteiger partial charge in [-0.15, -0.1) is 6.58 Å². The molecule has 0 bridgehead atoms. The second-order valence-electron chi connectivity index (χ2n) is 9.10. The summed E-state index contributed by atoms with van der Waals surface area (Å²) >= 11 is 6.52. The van der Waals surface area contributed by atoms with Crippen LogP contribution in [0, 0.1) is 11.7 Å². The molecule has 1 aliphatic heterocycles. The molecule has 0 radical (unpaired) electrons. The summed E-state index contributed by atoms with van der Waals surface area (Å²) in [7, 11) is 0. The summed E-state index contributed by atoms with van der Waals surface area (Å²) in [6.45, 7) is 11.3. The van der Waals surface area contributed by atoms with Gasteiger partial charge in [0.1, 0.15) is 5.82 Å². The van der Waals surface area contributed by atoms with Crippen molar-refractivity contribution in [3.63, 3.8) is 0 Å². The Morgan fingerprint density at radius 3 is 2.76 bits per heavy atom. The first-order valence-electron chi connectivity index (χ1n) is 11.6. The summed E-state index contributed by atoms with van der Waals surface area (Å²) in [5.74, 6) is -0.375. The highest BCUT2D eigenvalue weighted by Gasteiger charge is 2.28. The number of fused-ring (bicyclic) bond motifs is 1. The van der Waals surface area contributed by atoms with Gasteiger partial charge in [0.15, 0.2) is 0 Å². The van der Waals surface area contributed by atoms with Gasteiger partial charge in [0.2, 0.25) is 0 Å². The molecule has 1 aliphatic rings. The highest BCUT2D eigenvalue weighted by molar-refractivity contribution is 6.32. The molecule has 1 aromatic heterocycles. The van der Waals surface area contributed by atoms with E-state index in [-0.39, 0.29) is 11.8 Å². The number of hydrogen-bond donors (Lipinski definition) is 0. The molecule has 0 fully saturated rings. The smallest absolute Gasteiger partial charge is 0.254 e. The van der Waals surface area contributed by atoms with Crippen LogP contribution in [0.1, 0.15) is 41.2 Å². The van der Waals surface area contributed by atoms with Gasteiger partial charge in [-0.1, -0.05) is 49.7 Å². The lowest BCUT2D eigenvalue weighted by Gasteiger charge is -2.28. The molecule has 0 saturated carbocycles. The summed E-state index contributed by atoms with van der Waals surface area (Å²) < 4.78 is 15.8. The molecule has 0 saturated heterocycles. The third-order valence-electron chi connectivity index (χ3n) is 5.97. The SMILES string of the molecule is C=CCN1CCc2c(c(CN(CC(C)C)C(=O)c3cccc(F)c3)nn2-c2ccccc2Cl)C1. The standard InChI is InChI=1S/C27H30ClFN4O/c1-4-13-31-14-12-25-22(17-31)24(30-33(25)26-11-6-5-10-23(26)28)18-32(16-19(2)3)27(34)20-8-7-9-21(29)15-20/h4-11,15,19H,1,12-14,16-18H2,2-3H3.